The van der Waals surface area contributed by atoms with Crippen molar-refractivity contribution in [2.24, 2.45) is 0 Å². The topological polar surface area (TPSA) is 86.8 Å². The molecular formula is C22H27ClFN3O4S. The van der Waals surface area contributed by atoms with Crippen molar-refractivity contribution < 1.29 is 22.4 Å². The number of likely N-dealkylation sites (N-methyl/N-ethyl adjacent to an activating group) is 1. The van der Waals surface area contributed by atoms with Crippen LogP contribution in [0.25, 0.3) is 0 Å². The minimum Gasteiger partial charge on any atom is -0.357 e. The summed E-state index contributed by atoms with van der Waals surface area (Å²) in [5.41, 5.74) is 1.84. The highest BCUT2D eigenvalue weighted by Gasteiger charge is 2.31. The van der Waals surface area contributed by atoms with E-state index in [-0.39, 0.29) is 23.2 Å². The molecule has 0 bridgehead atoms. The number of hydrogen-bond donors (Lipinski definition) is 1. The lowest BCUT2D eigenvalue weighted by Crippen LogP contribution is -2.51. The van der Waals surface area contributed by atoms with Crippen LogP contribution in [0.4, 0.5) is 10.1 Å². The van der Waals surface area contributed by atoms with Crippen molar-refractivity contribution in [2.45, 2.75) is 32.9 Å². The van der Waals surface area contributed by atoms with Crippen molar-refractivity contribution in [3.63, 3.8) is 0 Å². The van der Waals surface area contributed by atoms with Gasteiger partial charge < -0.3 is 10.2 Å². The largest absolute Gasteiger partial charge is 0.357 e. The molecule has 1 atom stereocenters. The lowest BCUT2D eigenvalue weighted by atomic mass is 10.1. The number of rotatable bonds is 9. The van der Waals surface area contributed by atoms with E-state index in [1.165, 1.54) is 18.0 Å². The summed E-state index contributed by atoms with van der Waals surface area (Å²) >= 11 is 5.82. The Hall–Kier alpha value is -2.65. The van der Waals surface area contributed by atoms with Gasteiger partial charge in [0, 0.05) is 13.6 Å². The van der Waals surface area contributed by atoms with Crippen molar-refractivity contribution in [3.05, 3.63) is 64.4 Å². The van der Waals surface area contributed by atoms with E-state index in [0.29, 0.717) is 6.42 Å². The maximum absolute atomic E-state index is 13.6. The van der Waals surface area contributed by atoms with Crippen LogP contribution in [0.3, 0.4) is 0 Å². The highest BCUT2D eigenvalue weighted by molar-refractivity contribution is 7.92. The second kappa shape index (κ2) is 10.8. The van der Waals surface area contributed by atoms with Crippen LogP contribution in [-0.4, -0.2) is 51.0 Å². The zero-order valence-electron chi connectivity index (χ0n) is 18.4. The van der Waals surface area contributed by atoms with Gasteiger partial charge in [0.05, 0.1) is 17.0 Å². The van der Waals surface area contributed by atoms with Gasteiger partial charge in [-0.05, 0) is 37.1 Å². The maximum atomic E-state index is 13.6. The van der Waals surface area contributed by atoms with Crippen LogP contribution in [0.5, 0.6) is 0 Å². The monoisotopic (exact) mass is 483 g/mol. The van der Waals surface area contributed by atoms with Crippen LogP contribution in [0.15, 0.2) is 42.5 Å². The van der Waals surface area contributed by atoms with E-state index in [1.54, 1.807) is 6.92 Å². The van der Waals surface area contributed by atoms with Gasteiger partial charge in [-0.3, -0.25) is 13.9 Å². The Balaban J connectivity index is 2.45. The smallest absolute Gasteiger partial charge is 0.244 e. The third-order valence-electron chi connectivity index (χ3n) is 4.94. The second-order valence-corrected chi connectivity index (χ2v) is 9.73. The summed E-state index contributed by atoms with van der Waals surface area (Å²) in [5, 5.41) is 2.29. The zero-order valence-corrected chi connectivity index (χ0v) is 20.0. The Bertz CT molecular complexity index is 1090. The van der Waals surface area contributed by atoms with Crippen molar-refractivity contribution >= 4 is 39.1 Å². The van der Waals surface area contributed by atoms with Crippen molar-refractivity contribution in [2.75, 3.05) is 24.2 Å². The summed E-state index contributed by atoms with van der Waals surface area (Å²) in [7, 11) is -2.43. The predicted molar refractivity (Wildman–Crippen MR) is 123 cm³/mol. The Kier molecular flexibility index (Phi) is 8.63. The van der Waals surface area contributed by atoms with E-state index in [9.17, 15) is 22.4 Å². The quantitative estimate of drug-likeness (QED) is 0.593. The molecule has 0 saturated carbocycles. The van der Waals surface area contributed by atoms with Crippen LogP contribution in [0.1, 0.15) is 24.5 Å². The first-order valence-electron chi connectivity index (χ1n) is 9.97. The maximum Gasteiger partial charge on any atom is 0.244 e. The molecule has 7 nitrogen and oxygen atoms in total. The molecule has 10 heteroatoms. The summed E-state index contributed by atoms with van der Waals surface area (Å²) < 4.78 is 39.3. The molecule has 0 fully saturated rings. The van der Waals surface area contributed by atoms with Gasteiger partial charge in [-0.15, -0.1) is 0 Å². The Morgan fingerprint density at radius 3 is 2.41 bits per heavy atom. The van der Waals surface area contributed by atoms with E-state index in [2.05, 4.69) is 5.32 Å². The average molecular weight is 484 g/mol. The van der Waals surface area contributed by atoms with E-state index >= 15 is 0 Å². The first-order chi connectivity index (χ1) is 15.0. The van der Waals surface area contributed by atoms with Crippen LogP contribution >= 0.6 is 11.6 Å². The van der Waals surface area contributed by atoms with E-state index in [4.69, 9.17) is 11.6 Å². The van der Waals surface area contributed by atoms with Crippen LogP contribution in [-0.2, 0) is 26.2 Å². The first-order valence-corrected chi connectivity index (χ1v) is 12.2. The van der Waals surface area contributed by atoms with E-state index in [1.807, 2.05) is 31.2 Å². The highest BCUT2D eigenvalue weighted by atomic mass is 35.5. The number of carbonyl (C=O) groups excluding carboxylic acids is 2. The molecule has 0 aliphatic rings. The fourth-order valence-corrected chi connectivity index (χ4v) is 4.36. The minimum atomic E-state index is -3.91. The van der Waals surface area contributed by atoms with Gasteiger partial charge in [-0.25, -0.2) is 12.8 Å². The number of carbonyl (C=O) groups is 2. The molecule has 174 valence electrons. The number of aryl methyl sites for hydroxylation is 1. The molecule has 2 aromatic rings. The number of anilines is 1. The molecule has 32 heavy (non-hydrogen) atoms. The van der Waals surface area contributed by atoms with Gasteiger partial charge >= 0.3 is 0 Å². The van der Waals surface area contributed by atoms with Gasteiger partial charge in [-0.1, -0.05) is 48.4 Å². The minimum absolute atomic E-state index is 0.0516. The standard InChI is InChI=1S/C22H27ClFN3O4S/c1-5-20(22(29)25-3)26(13-16-8-6-7-15(2)11-16)21(28)14-27(32(4,30)31)17-9-10-19(24)18(23)12-17/h6-12,20H,5,13-14H2,1-4H3,(H,25,29). The third kappa shape index (κ3) is 6.43. The Morgan fingerprint density at radius 2 is 1.88 bits per heavy atom. The SMILES string of the molecule is CCC(C(=O)NC)N(Cc1cccc(C)c1)C(=O)CN(c1ccc(F)c(Cl)c1)S(C)(=O)=O. The van der Waals surface area contributed by atoms with Gasteiger partial charge in [0.1, 0.15) is 18.4 Å². The number of benzene rings is 2. The van der Waals surface area contributed by atoms with Crippen molar-refractivity contribution in [1.82, 2.24) is 10.2 Å². The van der Waals surface area contributed by atoms with Crippen LogP contribution in [0, 0.1) is 12.7 Å². The van der Waals surface area contributed by atoms with Crippen LogP contribution in [0.2, 0.25) is 5.02 Å². The third-order valence-corrected chi connectivity index (χ3v) is 6.37. The van der Waals surface area contributed by atoms with Crippen molar-refractivity contribution in [1.29, 1.82) is 0 Å². The molecular weight excluding hydrogens is 457 g/mol. The lowest BCUT2D eigenvalue weighted by molar-refractivity contribution is -0.140. The van der Waals surface area contributed by atoms with E-state index in [0.717, 1.165) is 33.8 Å². The molecule has 1 N–H and O–H groups in total. The molecule has 0 saturated heterocycles. The molecule has 0 spiro atoms. The highest BCUT2D eigenvalue weighted by Crippen LogP contribution is 2.25. The summed E-state index contributed by atoms with van der Waals surface area (Å²) in [6.07, 6.45) is 1.27. The number of nitrogens with one attached hydrogen (secondary N) is 1. The fraction of sp³-hybridized carbons (Fsp3) is 0.364. The molecule has 0 aliphatic carbocycles. The lowest BCUT2D eigenvalue weighted by Gasteiger charge is -2.32. The predicted octanol–water partition coefficient (Wildman–Crippen LogP) is 3.11. The number of hydrogen-bond acceptors (Lipinski definition) is 4. The number of nitrogens with zero attached hydrogens (tertiary/aromatic N) is 2. The molecule has 2 amide bonds. The molecule has 1 unspecified atom stereocenters. The van der Waals surface area contributed by atoms with Crippen LogP contribution < -0.4 is 9.62 Å². The Labute approximate surface area is 193 Å². The fourth-order valence-electron chi connectivity index (χ4n) is 3.35. The summed E-state index contributed by atoms with van der Waals surface area (Å²) in [6.45, 7) is 3.23. The molecule has 0 aromatic heterocycles. The molecule has 0 radical (unpaired) electrons. The van der Waals surface area contributed by atoms with Gasteiger partial charge in [0.25, 0.3) is 0 Å². The molecule has 2 rings (SSSR count). The average Bonchev–Trinajstić information content (AvgIpc) is 2.72. The summed E-state index contributed by atoms with van der Waals surface area (Å²) in [6, 6.07) is 10.1. The normalized spacial score (nSPS) is 12.2. The summed E-state index contributed by atoms with van der Waals surface area (Å²) in [5.74, 6) is -1.64. The number of halogens is 2. The van der Waals surface area contributed by atoms with Crippen molar-refractivity contribution in [3.8, 4) is 0 Å². The van der Waals surface area contributed by atoms with Gasteiger partial charge in [-0.2, -0.15) is 0 Å². The van der Waals surface area contributed by atoms with Gasteiger partial charge in [0.15, 0.2) is 0 Å². The van der Waals surface area contributed by atoms with E-state index < -0.39 is 34.3 Å². The Morgan fingerprint density at radius 1 is 1.19 bits per heavy atom. The number of sulfonamides is 1. The van der Waals surface area contributed by atoms with Gasteiger partial charge in [0.2, 0.25) is 21.8 Å². The second-order valence-electron chi connectivity index (χ2n) is 7.42. The first kappa shape index (κ1) is 25.6. The summed E-state index contributed by atoms with van der Waals surface area (Å²) in [4.78, 5) is 27.2. The number of amides is 2. The molecule has 2 aromatic carbocycles. The zero-order chi connectivity index (χ0) is 24.1. The molecule has 0 aliphatic heterocycles. The molecule has 0 heterocycles.